The standard InChI is InChI=1S/C16H21NO4S/c1-2-22(20,21)12-15(18)17-10-8-14(9-11-17)16(19)13-6-4-3-5-7-13/h3-7,14H,2,8-12H2,1H3. The number of Topliss-reactive ketones (excluding diaryl/α,β-unsaturated/α-hetero) is 1. The number of likely N-dealkylation sites (tertiary alicyclic amines) is 1. The van der Waals surface area contributed by atoms with Gasteiger partial charge < -0.3 is 4.90 Å². The smallest absolute Gasteiger partial charge is 0.237 e. The Hall–Kier alpha value is -1.69. The Morgan fingerprint density at radius 1 is 1.14 bits per heavy atom. The van der Waals surface area contributed by atoms with Crippen molar-refractivity contribution in [3.05, 3.63) is 35.9 Å². The van der Waals surface area contributed by atoms with Crippen molar-refractivity contribution in [3.8, 4) is 0 Å². The zero-order chi connectivity index (χ0) is 16.2. The fraction of sp³-hybridized carbons (Fsp3) is 0.500. The molecule has 1 aliphatic heterocycles. The molecular weight excluding hydrogens is 302 g/mol. The highest BCUT2D eigenvalue weighted by molar-refractivity contribution is 7.92. The van der Waals surface area contributed by atoms with E-state index in [9.17, 15) is 18.0 Å². The van der Waals surface area contributed by atoms with Crippen LogP contribution < -0.4 is 0 Å². The number of amides is 1. The molecule has 1 aromatic carbocycles. The number of carbonyl (C=O) groups excluding carboxylic acids is 2. The highest BCUT2D eigenvalue weighted by Crippen LogP contribution is 2.22. The number of nitrogens with zero attached hydrogens (tertiary/aromatic N) is 1. The van der Waals surface area contributed by atoms with Crippen LogP contribution >= 0.6 is 0 Å². The van der Waals surface area contributed by atoms with E-state index < -0.39 is 15.6 Å². The normalized spacial score (nSPS) is 16.5. The predicted molar refractivity (Wildman–Crippen MR) is 84.4 cm³/mol. The zero-order valence-corrected chi connectivity index (χ0v) is 13.5. The third-order valence-electron chi connectivity index (χ3n) is 4.06. The summed E-state index contributed by atoms with van der Waals surface area (Å²) in [5.74, 6) is -0.793. The number of benzene rings is 1. The van der Waals surface area contributed by atoms with Crippen LogP contribution in [0, 0.1) is 5.92 Å². The van der Waals surface area contributed by atoms with Gasteiger partial charge in [0, 0.05) is 30.3 Å². The molecule has 0 bridgehead atoms. The van der Waals surface area contributed by atoms with Gasteiger partial charge >= 0.3 is 0 Å². The first-order valence-electron chi connectivity index (χ1n) is 7.50. The average Bonchev–Trinajstić information content (AvgIpc) is 2.55. The van der Waals surface area contributed by atoms with E-state index in [1.807, 2.05) is 18.2 Å². The molecule has 1 amide bonds. The summed E-state index contributed by atoms with van der Waals surface area (Å²) in [5.41, 5.74) is 0.695. The molecule has 0 saturated carbocycles. The van der Waals surface area contributed by atoms with Gasteiger partial charge in [-0.25, -0.2) is 8.42 Å². The van der Waals surface area contributed by atoms with Crippen LogP contribution in [0.5, 0.6) is 0 Å². The van der Waals surface area contributed by atoms with Gasteiger partial charge in [-0.2, -0.15) is 0 Å². The highest BCUT2D eigenvalue weighted by Gasteiger charge is 2.29. The first kappa shape index (κ1) is 16.7. The van der Waals surface area contributed by atoms with Crippen molar-refractivity contribution < 1.29 is 18.0 Å². The van der Waals surface area contributed by atoms with Crippen molar-refractivity contribution in [1.82, 2.24) is 4.90 Å². The van der Waals surface area contributed by atoms with Crippen molar-refractivity contribution in [3.63, 3.8) is 0 Å². The number of piperidine rings is 1. The van der Waals surface area contributed by atoms with Gasteiger partial charge in [0.05, 0.1) is 0 Å². The van der Waals surface area contributed by atoms with Gasteiger partial charge in [0.1, 0.15) is 5.75 Å². The van der Waals surface area contributed by atoms with Crippen molar-refractivity contribution in [1.29, 1.82) is 0 Å². The molecule has 0 N–H and O–H groups in total. The van der Waals surface area contributed by atoms with Crippen molar-refractivity contribution in [2.45, 2.75) is 19.8 Å². The maximum Gasteiger partial charge on any atom is 0.237 e. The Bertz CT molecular complexity index is 631. The lowest BCUT2D eigenvalue weighted by molar-refractivity contribution is -0.129. The van der Waals surface area contributed by atoms with Gasteiger partial charge in [0.25, 0.3) is 0 Å². The van der Waals surface area contributed by atoms with Crippen LogP contribution in [0.15, 0.2) is 30.3 Å². The third kappa shape index (κ3) is 4.16. The average molecular weight is 323 g/mol. The summed E-state index contributed by atoms with van der Waals surface area (Å²) in [5, 5.41) is 0. The number of hydrogen-bond donors (Lipinski definition) is 0. The first-order valence-corrected chi connectivity index (χ1v) is 9.32. The van der Waals surface area contributed by atoms with Gasteiger partial charge in [0.15, 0.2) is 15.6 Å². The molecule has 1 saturated heterocycles. The number of ketones is 1. The van der Waals surface area contributed by atoms with E-state index in [4.69, 9.17) is 0 Å². The fourth-order valence-corrected chi connectivity index (χ4v) is 3.37. The molecule has 120 valence electrons. The second-order valence-electron chi connectivity index (χ2n) is 5.56. The molecule has 1 fully saturated rings. The summed E-state index contributed by atoms with van der Waals surface area (Å²) in [6.07, 6.45) is 1.18. The quantitative estimate of drug-likeness (QED) is 0.771. The minimum atomic E-state index is -3.30. The van der Waals surface area contributed by atoms with Crippen LogP contribution in [-0.4, -0.2) is 49.6 Å². The molecule has 1 heterocycles. The number of rotatable bonds is 5. The van der Waals surface area contributed by atoms with Crippen LogP contribution in [0.1, 0.15) is 30.1 Å². The summed E-state index contributed by atoms with van der Waals surface area (Å²) in [6.45, 7) is 2.43. The van der Waals surface area contributed by atoms with E-state index in [1.54, 1.807) is 17.0 Å². The first-order chi connectivity index (χ1) is 10.4. The molecule has 5 nitrogen and oxygen atoms in total. The molecule has 0 atom stereocenters. The molecule has 1 aliphatic rings. The van der Waals surface area contributed by atoms with Crippen LogP contribution in [-0.2, 0) is 14.6 Å². The molecule has 2 rings (SSSR count). The van der Waals surface area contributed by atoms with Crippen LogP contribution in [0.2, 0.25) is 0 Å². The third-order valence-corrected chi connectivity index (χ3v) is 5.63. The molecule has 6 heteroatoms. The predicted octanol–water partition coefficient (Wildman–Crippen LogP) is 1.54. The molecule has 0 spiro atoms. The summed E-state index contributed by atoms with van der Waals surface area (Å²) in [6, 6.07) is 9.14. The topological polar surface area (TPSA) is 71.5 Å². The van der Waals surface area contributed by atoms with Crippen molar-refractivity contribution >= 4 is 21.5 Å². The Labute approximate surface area is 131 Å². The molecule has 0 unspecified atom stereocenters. The lowest BCUT2D eigenvalue weighted by atomic mass is 9.89. The van der Waals surface area contributed by atoms with Crippen molar-refractivity contribution in [2.75, 3.05) is 24.6 Å². The van der Waals surface area contributed by atoms with Crippen molar-refractivity contribution in [2.24, 2.45) is 5.92 Å². The maximum absolute atomic E-state index is 12.4. The molecule has 0 aromatic heterocycles. The van der Waals surface area contributed by atoms with Gasteiger partial charge in [-0.05, 0) is 12.8 Å². The lowest BCUT2D eigenvalue weighted by Gasteiger charge is -2.31. The van der Waals surface area contributed by atoms with E-state index in [2.05, 4.69) is 0 Å². The fourth-order valence-electron chi connectivity index (χ4n) is 2.61. The van der Waals surface area contributed by atoms with E-state index in [0.29, 0.717) is 31.5 Å². The van der Waals surface area contributed by atoms with E-state index in [0.717, 1.165) is 0 Å². The van der Waals surface area contributed by atoms with Gasteiger partial charge in [-0.3, -0.25) is 9.59 Å². The van der Waals surface area contributed by atoms with E-state index in [-0.39, 0.29) is 23.4 Å². The SMILES string of the molecule is CCS(=O)(=O)CC(=O)N1CCC(C(=O)c2ccccc2)CC1. The maximum atomic E-state index is 12.4. The summed E-state index contributed by atoms with van der Waals surface area (Å²) in [4.78, 5) is 25.9. The Kier molecular flexibility index (Phi) is 5.34. The largest absolute Gasteiger partial charge is 0.342 e. The monoisotopic (exact) mass is 323 g/mol. The van der Waals surface area contributed by atoms with Crippen LogP contribution in [0.3, 0.4) is 0 Å². The Morgan fingerprint density at radius 2 is 1.73 bits per heavy atom. The summed E-state index contributed by atoms with van der Waals surface area (Å²) >= 11 is 0. The molecule has 22 heavy (non-hydrogen) atoms. The van der Waals surface area contributed by atoms with Gasteiger partial charge in [-0.15, -0.1) is 0 Å². The molecule has 0 aliphatic carbocycles. The van der Waals surface area contributed by atoms with E-state index in [1.165, 1.54) is 6.92 Å². The lowest BCUT2D eigenvalue weighted by Crippen LogP contribution is -2.43. The minimum Gasteiger partial charge on any atom is -0.342 e. The zero-order valence-electron chi connectivity index (χ0n) is 12.7. The second kappa shape index (κ2) is 7.05. The number of sulfone groups is 1. The number of hydrogen-bond acceptors (Lipinski definition) is 4. The van der Waals surface area contributed by atoms with Crippen LogP contribution in [0.25, 0.3) is 0 Å². The summed E-state index contributed by atoms with van der Waals surface area (Å²) < 4.78 is 23.0. The minimum absolute atomic E-state index is 0.0261. The second-order valence-corrected chi connectivity index (χ2v) is 7.92. The summed E-state index contributed by atoms with van der Waals surface area (Å²) in [7, 11) is -3.30. The van der Waals surface area contributed by atoms with Gasteiger partial charge in [0.2, 0.25) is 5.91 Å². The van der Waals surface area contributed by atoms with E-state index >= 15 is 0 Å². The Morgan fingerprint density at radius 3 is 2.27 bits per heavy atom. The molecular formula is C16H21NO4S. The molecule has 1 aromatic rings. The van der Waals surface area contributed by atoms with Gasteiger partial charge in [-0.1, -0.05) is 37.3 Å². The van der Waals surface area contributed by atoms with Crippen LogP contribution in [0.4, 0.5) is 0 Å². The highest BCUT2D eigenvalue weighted by atomic mass is 32.2. The Balaban J connectivity index is 1.91. The number of carbonyl (C=O) groups is 2. The molecule has 0 radical (unpaired) electrons.